The van der Waals surface area contributed by atoms with Crippen molar-refractivity contribution >= 4 is 49.9 Å². The molecule has 0 aromatic heterocycles. The highest BCUT2D eigenvalue weighted by Crippen LogP contribution is 2.48. The van der Waals surface area contributed by atoms with Gasteiger partial charge in [0.15, 0.2) is 5.11 Å². The molecule has 1 aromatic rings. The summed E-state index contributed by atoms with van der Waals surface area (Å²) in [7, 11) is 3.26. The molecule has 1 saturated carbocycles. The van der Waals surface area contributed by atoms with Crippen molar-refractivity contribution in [2.45, 2.75) is 108 Å². The number of benzene rings is 1. The van der Waals surface area contributed by atoms with Crippen molar-refractivity contribution < 1.29 is 53.0 Å². The zero-order chi connectivity index (χ0) is 37.2. The van der Waals surface area contributed by atoms with Gasteiger partial charge in [0.25, 0.3) is 0 Å². The molecule has 1 aliphatic carbocycles. The summed E-state index contributed by atoms with van der Waals surface area (Å²) in [6.07, 6.45) is 4.09. The minimum atomic E-state index is -3.48. The maximum absolute atomic E-state index is 12.2. The predicted molar refractivity (Wildman–Crippen MR) is 203 cm³/mol. The third-order valence-corrected chi connectivity index (χ3v) is 11.7. The Morgan fingerprint density at radius 2 is 1.69 bits per heavy atom. The Kier molecular flexibility index (Phi) is 20.2. The molecule has 10 atom stereocenters. The maximum Gasteiger partial charge on any atom is 0.508 e. The Hall–Kier alpha value is -1.43. The molecule has 1 heterocycles. The number of nitrogens with one attached hydrogen (secondary N) is 2. The minimum Gasteiger partial charge on any atom is -0.431 e. The fourth-order valence-corrected chi connectivity index (χ4v) is 7.80. The maximum atomic E-state index is 12.2. The van der Waals surface area contributed by atoms with Crippen molar-refractivity contribution in [3.8, 4) is 0 Å². The lowest BCUT2D eigenvalue weighted by atomic mass is 9.77. The SMILES string of the molecule is B[C@@H]1O[C@H](COC(=O)OCc2ccccc2)C(OP(O)(=S)OC)[C@@H]1CCCCCCCNC(=S)NCCCCO[C@@H]1C[C@H](CO)[C@H](O)[C@H](O)[C@H]1C. The number of hydrogen-bond donors (Lipinski definition) is 6. The Morgan fingerprint density at radius 3 is 2.37 bits per heavy atom. The van der Waals surface area contributed by atoms with Gasteiger partial charge >= 0.3 is 12.9 Å². The van der Waals surface area contributed by atoms with Crippen molar-refractivity contribution in [1.29, 1.82) is 0 Å². The minimum absolute atomic E-state index is 0.0587. The number of thiocarbonyl (C=S) groups is 1. The van der Waals surface area contributed by atoms with E-state index in [1.54, 1.807) is 0 Å². The van der Waals surface area contributed by atoms with E-state index in [1.807, 2.05) is 45.1 Å². The van der Waals surface area contributed by atoms with Crippen LogP contribution in [0.25, 0.3) is 0 Å². The molecule has 2 fully saturated rings. The summed E-state index contributed by atoms with van der Waals surface area (Å²) < 4.78 is 33.5. The van der Waals surface area contributed by atoms with Crippen LogP contribution in [0.2, 0.25) is 0 Å². The smallest absolute Gasteiger partial charge is 0.431 e. The molecular formula is C34H58BN2O11PS2. The van der Waals surface area contributed by atoms with E-state index in [9.17, 15) is 25.0 Å². The molecule has 2 aliphatic rings. The summed E-state index contributed by atoms with van der Waals surface area (Å²) in [6, 6.07) is 9.12. The topological polar surface area (TPSA) is 177 Å². The molecule has 1 aromatic carbocycles. The van der Waals surface area contributed by atoms with E-state index in [0.717, 1.165) is 70.0 Å². The van der Waals surface area contributed by atoms with Crippen LogP contribution in [0.4, 0.5) is 4.79 Å². The van der Waals surface area contributed by atoms with Crippen LogP contribution in [0.5, 0.6) is 0 Å². The van der Waals surface area contributed by atoms with Gasteiger partial charge in [0.05, 0.1) is 18.3 Å². The van der Waals surface area contributed by atoms with Crippen LogP contribution < -0.4 is 10.6 Å². The van der Waals surface area contributed by atoms with Crippen LogP contribution in [0, 0.1) is 17.8 Å². The number of aliphatic hydroxyl groups is 3. The van der Waals surface area contributed by atoms with E-state index >= 15 is 0 Å². The monoisotopic (exact) mass is 776 g/mol. The molecule has 1 aliphatic heterocycles. The molecule has 0 radical (unpaired) electrons. The van der Waals surface area contributed by atoms with Gasteiger partial charge in [0.1, 0.15) is 33.3 Å². The third-order valence-electron chi connectivity index (χ3n) is 9.75. The highest BCUT2D eigenvalue weighted by atomic mass is 32.5. The fraction of sp³-hybridized carbons (Fsp3) is 0.765. The first-order valence-corrected chi connectivity index (χ1v) is 21.1. The Balaban J connectivity index is 1.25. The summed E-state index contributed by atoms with van der Waals surface area (Å²) in [5.41, 5.74) is 0.847. The van der Waals surface area contributed by atoms with E-state index in [0.29, 0.717) is 18.1 Å². The van der Waals surface area contributed by atoms with Gasteiger partial charge in [-0.05, 0) is 61.7 Å². The van der Waals surface area contributed by atoms with Gasteiger partial charge in [-0.1, -0.05) is 62.9 Å². The molecule has 3 rings (SSSR count). The Labute approximate surface area is 314 Å². The largest absolute Gasteiger partial charge is 0.508 e. The first-order chi connectivity index (χ1) is 24.5. The normalized spacial score (nSPS) is 28.9. The Morgan fingerprint density at radius 1 is 1.02 bits per heavy atom. The van der Waals surface area contributed by atoms with Gasteiger partial charge in [-0.2, -0.15) is 0 Å². The van der Waals surface area contributed by atoms with Crippen molar-refractivity contribution in [3.05, 3.63) is 35.9 Å². The second-order valence-corrected chi connectivity index (χ2v) is 16.8. The van der Waals surface area contributed by atoms with E-state index in [4.69, 9.17) is 52.0 Å². The van der Waals surface area contributed by atoms with Gasteiger partial charge in [0, 0.05) is 57.2 Å². The number of ether oxygens (including phenoxy) is 4. The lowest BCUT2D eigenvalue weighted by Gasteiger charge is -2.40. The molecule has 17 heteroatoms. The molecule has 13 nitrogen and oxygen atoms in total. The number of hydrogen-bond acceptors (Lipinski definition) is 12. The average Bonchev–Trinajstić information content (AvgIpc) is 3.41. The second kappa shape index (κ2) is 23.4. The van der Waals surface area contributed by atoms with E-state index in [2.05, 4.69) is 10.6 Å². The predicted octanol–water partition coefficient (Wildman–Crippen LogP) is 2.90. The van der Waals surface area contributed by atoms with Crippen molar-refractivity contribution in [2.24, 2.45) is 17.8 Å². The summed E-state index contributed by atoms with van der Waals surface area (Å²) in [4.78, 5) is 22.7. The van der Waals surface area contributed by atoms with Crippen LogP contribution in [0.1, 0.15) is 70.3 Å². The molecule has 1 saturated heterocycles. The van der Waals surface area contributed by atoms with Crippen LogP contribution in [-0.4, -0.2) is 116 Å². The molecule has 290 valence electrons. The van der Waals surface area contributed by atoms with Gasteiger partial charge in [0.2, 0.25) is 0 Å². The molecular weight excluding hydrogens is 718 g/mol. The molecule has 0 spiro atoms. The number of unbranched alkanes of at least 4 members (excludes halogenated alkanes) is 5. The van der Waals surface area contributed by atoms with Gasteiger partial charge in [-0.15, -0.1) is 0 Å². The fourth-order valence-electron chi connectivity index (χ4n) is 6.61. The zero-order valence-electron chi connectivity index (χ0n) is 30.1. The third kappa shape index (κ3) is 15.5. The number of carbonyl (C=O) groups is 1. The second-order valence-electron chi connectivity index (χ2n) is 13.5. The van der Waals surface area contributed by atoms with Crippen LogP contribution in [0.15, 0.2) is 30.3 Å². The van der Waals surface area contributed by atoms with Gasteiger partial charge < -0.3 is 58.8 Å². The molecule has 0 amide bonds. The molecule has 51 heavy (non-hydrogen) atoms. The van der Waals surface area contributed by atoms with Crippen LogP contribution in [0.3, 0.4) is 0 Å². The lowest BCUT2D eigenvalue weighted by molar-refractivity contribution is -0.143. The zero-order valence-corrected chi connectivity index (χ0v) is 32.6. The summed E-state index contributed by atoms with van der Waals surface area (Å²) in [5, 5.41) is 36.9. The average molecular weight is 777 g/mol. The highest BCUT2D eigenvalue weighted by Gasteiger charge is 2.45. The molecule has 2 unspecified atom stereocenters. The van der Waals surface area contributed by atoms with Crippen molar-refractivity contribution in [1.82, 2.24) is 10.6 Å². The van der Waals surface area contributed by atoms with Crippen molar-refractivity contribution in [3.63, 3.8) is 0 Å². The standard InChI is InChI=1S/C34H58BN2O11PS2/c1-23-27(19-25(20-38)30(40)29(23)39)44-18-12-11-17-37-33(50)36-16-10-5-3-4-9-15-26-31(48-49(42,51)43-2)28(47-32(26)35)22-46-34(41)45-21-24-13-7-6-8-14-24/h6-8,13-14,23,25-32,38-40H,3-5,9-12,15-22,35H2,1-2H3,(H,42,51)(H2,36,37,50)/t23-,25+,26-,27+,28+,29+,30-,31?,32+,49?/m0/s1. The van der Waals surface area contributed by atoms with Gasteiger partial charge in [-0.3, -0.25) is 0 Å². The number of carbonyl (C=O) groups excluding carboxylic acids is 1. The number of rotatable bonds is 22. The van der Waals surface area contributed by atoms with E-state index < -0.39 is 37.3 Å². The first kappa shape index (κ1) is 44.0. The van der Waals surface area contributed by atoms with Crippen molar-refractivity contribution in [2.75, 3.05) is 40.0 Å². The van der Waals surface area contributed by atoms with E-state index in [1.165, 1.54) is 7.11 Å². The summed E-state index contributed by atoms with van der Waals surface area (Å²) in [6.45, 7) is 0.272. The Bertz CT molecular complexity index is 1210. The molecule has 6 N–H and O–H groups in total. The first-order valence-electron chi connectivity index (χ1n) is 18.1. The van der Waals surface area contributed by atoms with Crippen LogP contribution >= 0.6 is 18.9 Å². The van der Waals surface area contributed by atoms with Crippen LogP contribution in [-0.2, 0) is 46.4 Å². The summed E-state index contributed by atoms with van der Waals surface area (Å²) >= 11 is 10.5. The molecule has 0 bridgehead atoms. The highest BCUT2D eigenvalue weighted by molar-refractivity contribution is 8.07. The lowest BCUT2D eigenvalue weighted by Crippen LogP contribution is -2.50. The summed E-state index contributed by atoms with van der Waals surface area (Å²) in [5.74, 6) is -0.603. The van der Waals surface area contributed by atoms with Gasteiger partial charge in [-0.25, -0.2) is 4.79 Å². The number of aliphatic hydroxyl groups excluding tert-OH is 3. The van der Waals surface area contributed by atoms with E-state index in [-0.39, 0.29) is 49.7 Å². The quantitative estimate of drug-likeness (QED) is 0.0333.